The molecule has 0 fully saturated rings. The Morgan fingerprint density at radius 3 is 2.58 bits per heavy atom. The van der Waals surface area contributed by atoms with Gasteiger partial charge in [-0.2, -0.15) is 0 Å². The van der Waals surface area contributed by atoms with E-state index in [4.69, 9.17) is 16.6 Å². The molecule has 0 aliphatic heterocycles. The van der Waals surface area contributed by atoms with Gasteiger partial charge in [-0.25, -0.2) is 4.98 Å². The summed E-state index contributed by atoms with van der Waals surface area (Å²) < 4.78 is 2.24. The van der Waals surface area contributed by atoms with E-state index in [1.54, 1.807) is 17.3 Å². The molecule has 0 aliphatic carbocycles. The van der Waals surface area contributed by atoms with E-state index >= 15 is 0 Å². The number of para-hydroxylation sites is 1. The predicted molar refractivity (Wildman–Crippen MR) is 131 cm³/mol. The van der Waals surface area contributed by atoms with E-state index < -0.39 is 0 Å². The van der Waals surface area contributed by atoms with E-state index in [2.05, 4.69) is 58.9 Å². The summed E-state index contributed by atoms with van der Waals surface area (Å²) in [5.74, 6) is 2.23. The third kappa shape index (κ3) is 5.00. The van der Waals surface area contributed by atoms with Gasteiger partial charge in [0.05, 0.1) is 11.2 Å². The van der Waals surface area contributed by atoms with E-state index in [1.165, 1.54) is 0 Å². The van der Waals surface area contributed by atoms with Crippen LogP contribution in [0.25, 0.3) is 33.5 Å². The van der Waals surface area contributed by atoms with Crippen LogP contribution in [0.4, 0.5) is 0 Å². The molecule has 0 spiro atoms. The van der Waals surface area contributed by atoms with E-state index in [0.717, 1.165) is 57.4 Å². The van der Waals surface area contributed by atoms with Gasteiger partial charge in [0.1, 0.15) is 0 Å². The second kappa shape index (κ2) is 10.1. The van der Waals surface area contributed by atoms with Gasteiger partial charge < -0.3 is 4.57 Å². The minimum atomic E-state index is 0.588. The lowest BCUT2D eigenvalue weighted by atomic mass is 10.0. The standard InChI is InChI=1S/C25H25ClN4S/c1-18(2)13-15-30-24(28-29-25(30)31-16-8-14-26)21-17-23(19-9-4-3-5-10-19)27-22-12-7-6-11-20(21)22/h3-12,14,17-18H,13,15-16H2,1-2H3/b14-8+. The maximum absolute atomic E-state index is 5.71. The molecule has 2 aromatic carbocycles. The fourth-order valence-corrected chi connectivity index (χ4v) is 4.43. The number of aromatic nitrogens is 4. The maximum Gasteiger partial charge on any atom is 0.191 e. The van der Waals surface area contributed by atoms with Crippen molar-refractivity contribution in [3.8, 4) is 22.6 Å². The van der Waals surface area contributed by atoms with Gasteiger partial charge in [-0.1, -0.05) is 91.8 Å². The second-order valence-electron chi connectivity index (χ2n) is 7.75. The van der Waals surface area contributed by atoms with E-state index in [0.29, 0.717) is 5.92 Å². The highest BCUT2D eigenvalue weighted by Crippen LogP contribution is 2.33. The van der Waals surface area contributed by atoms with Crippen molar-refractivity contribution in [2.45, 2.75) is 32.0 Å². The van der Waals surface area contributed by atoms with Crippen molar-refractivity contribution in [1.82, 2.24) is 19.7 Å². The van der Waals surface area contributed by atoms with Crippen molar-refractivity contribution in [3.05, 3.63) is 72.3 Å². The smallest absolute Gasteiger partial charge is 0.191 e. The molecule has 2 aromatic heterocycles. The maximum atomic E-state index is 5.71. The van der Waals surface area contributed by atoms with Gasteiger partial charge in [0, 0.05) is 34.3 Å². The highest BCUT2D eigenvalue weighted by Gasteiger charge is 2.18. The first-order chi connectivity index (χ1) is 15.2. The predicted octanol–water partition coefficient (Wildman–Crippen LogP) is 7.05. The first kappa shape index (κ1) is 21.6. The summed E-state index contributed by atoms with van der Waals surface area (Å²) in [6.07, 6.45) is 2.97. The van der Waals surface area contributed by atoms with Crippen LogP contribution in [0, 0.1) is 5.92 Å². The summed E-state index contributed by atoms with van der Waals surface area (Å²) in [7, 11) is 0. The highest BCUT2D eigenvalue weighted by atomic mass is 35.5. The van der Waals surface area contributed by atoms with Gasteiger partial charge in [0.15, 0.2) is 11.0 Å². The average molecular weight is 449 g/mol. The van der Waals surface area contributed by atoms with Crippen LogP contribution in [0.15, 0.2) is 77.4 Å². The topological polar surface area (TPSA) is 43.6 Å². The normalized spacial score (nSPS) is 11.7. The summed E-state index contributed by atoms with van der Waals surface area (Å²) in [6.45, 7) is 5.34. The van der Waals surface area contributed by atoms with Crippen LogP contribution < -0.4 is 0 Å². The number of benzene rings is 2. The molecule has 2 heterocycles. The Morgan fingerprint density at radius 1 is 1.03 bits per heavy atom. The van der Waals surface area contributed by atoms with Crippen molar-refractivity contribution >= 4 is 34.3 Å². The van der Waals surface area contributed by atoms with Gasteiger partial charge in [0.25, 0.3) is 0 Å². The molecule has 4 rings (SSSR count). The molecule has 4 aromatic rings. The lowest BCUT2D eigenvalue weighted by Crippen LogP contribution is -2.06. The third-order valence-corrected chi connectivity index (χ3v) is 6.17. The number of hydrogen-bond acceptors (Lipinski definition) is 4. The molecule has 0 N–H and O–H groups in total. The van der Waals surface area contributed by atoms with E-state index in [9.17, 15) is 0 Å². The van der Waals surface area contributed by atoms with Crippen LogP contribution in [0.3, 0.4) is 0 Å². The summed E-state index contributed by atoms with van der Waals surface area (Å²) in [5.41, 5.74) is 5.58. The summed E-state index contributed by atoms with van der Waals surface area (Å²) in [6, 6.07) is 20.6. The van der Waals surface area contributed by atoms with Gasteiger partial charge in [-0.05, 0) is 24.5 Å². The number of rotatable bonds is 8. The Labute approximate surface area is 192 Å². The zero-order valence-corrected chi connectivity index (χ0v) is 19.3. The van der Waals surface area contributed by atoms with Crippen molar-refractivity contribution in [2.75, 3.05) is 5.75 Å². The molecule has 0 unspecified atom stereocenters. The second-order valence-corrected chi connectivity index (χ2v) is 8.99. The van der Waals surface area contributed by atoms with Crippen LogP contribution in [-0.2, 0) is 6.54 Å². The number of halogens is 1. The quantitative estimate of drug-likeness (QED) is 0.271. The minimum absolute atomic E-state index is 0.588. The molecule has 0 saturated heterocycles. The number of nitrogens with zero attached hydrogens (tertiary/aromatic N) is 4. The first-order valence-electron chi connectivity index (χ1n) is 10.4. The van der Waals surface area contributed by atoms with Crippen LogP contribution in [0.1, 0.15) is 20.3 Å². The zero-order valence-electron chi connectivity index (χ0n) is 17.7. The van der Waals surface area contributed by atoms with E-state index in [-0.39, 0.29) is 0 Å². The molecule has 0 aliphatic rings. The zero-order chi connectivity index (χ0) is 21.6. The van der Waals surface area contributed by atoms with Crippen LogP contribution in [0.2, 0.25) is 0 Å². The van der Waals surface area contributed by atoms with Crippen molar-refractivity contribution < 1.29 is 0 Å². The molecule has 158 valence electrons. The fourth-order valence-electron chi connectivity index (χ4n) is 3.46. The SMILES string of the molecule is CC(C)CCn1c(SC/C=C/Cl)nnc1-c1cc(-c2ccccc2)nc2ccccc12. The highest BCUT2D eigenvalue weighted by molar-refractivity contribution is 7.99. The van der Waals surface area contributed by atoms with Gasteiger partial charge in [0.2, 0.25) is 0 Å². The largest absolute Gasteiger partial charge is 0.302 e. The Balaban J connectivity index is 1.87. The third-order valence-electron chi connectivity index (χ3n) is 5.07. The van der Waals surface area contributed by atoms with Gasteiger partial charge in [-0.3, -0.25) is 0 Å². The van der Waals surface area contributed by atoms with Crippen LogP contribution in [0.5, 0.6) is 0 Å². The molecule has 4 nitrogen and oxygen atoms in total. The fraction of sp³-hybridized carbons (Fsp3) is 0.240. The van der Waals surface area contributed by atoms with Crippen molar-refractivity contribution in [1.29, 1.82) is 0 Å². The summed E-state index contributed by atoms with van der Waals surface area (Å²) in [5, 5.41) is 11.2. The van der Waals surface area contributed by atoms with Gasteiger partial charge >= 0.3 is 0 Å². The number of pyridine rings is 1. The molecular weight excluding hydrogens is 424 g/mol. The van der Waals surface area contributed by atoms with Gasteiger partial charge in [-0.15, -0.1) is 10.2 Å². The molecule has 0 radical (unpaired) electrons. The van der Waals surface area contributed by atoms with Crippen molar-refractivity contribution in [2.24, 2.45) is 5.92 Å². The lowest BCUT2D eigenvalue weighted by Gasteiger charge is -2.14. The Kier molecular flexibility index (Phi) is 7.05. The molecule has 6 heteroatoms. The molecular formula is C25H25ClN4S. The van der Waals surface area contributed by atoms with E-state index in [1.807, 2.05) is 36.4 Å². The summed E-state index contributed by atoms with van der Waals surface area (Å²) >= 11 is 7.36. The lowest BCUT2D eigenvalue weighted by molar-refractivity contribution is 0.498. The number of thioether (sulfide) groups is 1. The van der Waals surface area contributed by atoms with Crippen LogP contribution >= 0.6 is 23.4 Å². The Bertz CT molecular complexity index is 1180. The van der Waals surface area contributed by atoms with Crippen molar-refractivity contribution in [3.63, 3.8) is 0 Å². The number of hydrogen-bond donors (Lipinski definition) is 0. The molecule has 0 bridgehead atoms. The Hall–Kier alpha value is -2.63. The minimum Gasteiger partial charge on any atom is -0.302 e. The number of fused-ring (bicyclic) bond motifs is 1. The molecule has 0 atom stereocenters. The molecule has 31 heavy (non-hydrogen) atoms. The monoisotopic (exact) mass is 448 g/mol. The first-order valence-corrected chi connectivity index (χ1v) is 11.9. The molecule has 0 amide bonds. The summed E-state index contributed by atoms with van der Waals surface area (Å²) in [4.78, 5) is 4.92. The average Bonchev–Trinajstić information content (AvgIpc) is 3.20. The molecule has 0 saturated carbocycles. The Morgan fingerprint density at radius 2 is 1.81 bits per heavy atom. The van der Waals surface area contributed by atoms with Crippen LogP contribution in [-0.4, -0.2) is 25.5 Å².